The molecule has 0 spiro atoms. The summed E-state index contributed by atoms with van der Waals surface area (Å²) in [5.41, 5.74) is 15.7. The number of hydrogen-bond acceptors (Lipinski definition) is 2. The van der Waals surface area contributed by atoms with Crippen LogP contribution in [-0.2, 0) is 17.4 Å². The highest BCUT2D eigenvalue weighted by Gasteiger charge is 2.44. The lowest BCUT2D eigenvalue weighted by Crippen LogP contribution is -2.19. The Morgan fingerprint density at radius 1 is 0.625 bits per heavy atom. The molecular weight excluding hydrogens is 488 g/mol. The van der Waals surface area contributed by atoms with Crippen molar-refractivity contribution in [3.63, 3.8) is 0 Å². The van der Waals surface area contributed by atoms with Crippen molar-refractivity contribution in [3.8, 4) is 44.9 Å². The highest BCUT2D eigenvalue weighted by molar-refractivity contribution is 6.11. The highest BCUT2D eigenvalue weighted by atomic mass is 16.5. The van der Waals surface area contributed by atoms with Crippen molar-refractivity contribution in [3.05, 3.63) is 112 Å². The van der Waals surface area contributed by atoms with E-state index in [0.29, 0.717) is 13.2 Å². The monoisotopic (exact) mass is 518 g/mol. The van der Waals surface area contributed by atoms with Gasteiger partial charge in [0.25, 0.3) is 0 Å². The van der Waals surface area contributed by atoms with Crippen LogP contribution in [0, 0.1) is 0 Å². The number of hydrogen-bond donors (Lipinski definition) is 0. The van der Waals surface area contributed by atoms with Gasteiger partial charge in [-0.1, -0.05) is 82.3 Å². The van der Waals surface area contributed by atoms with Crippen molar-refractivity contribution in [2.24, 2.45) is 0 Å². The maximum absolute atomic E-state index is 6.43. The molecule has 2 aliphatic heterocycles. The van der Waals surface area contributed by atoms with Crippen LogP contribution in [-0.4, -0.2) is 6.61 Å². The van der Waals surface area contributed by atoms with E-state index < -0.39 is 0 Å². The molecule has 0 saturated heterocycles. The SMILES string of the molecule is CC1(C)c2ccccc2-c2cc3c(cc21)-c1c(c2c(c4cc5c(cc14)-c1ccccc1CO5)OCC=C2)C3(C)C. The quantitative estimate of drug-likeness (QED) is 0.203. The van der Waals surface area contributed by atoms with Crippen molar-refractivity contribution in [1.82, 2.24) is 0 Å². The van der Waals surface area contributed by atoms with Crippen molar-refractivity contribution >= 4 is 16.8 Å². The van der Waals surface area contributed by atoms with Crippen LogP contribution in [0.25, 0.3) is 50.2 Å². The fourth-order valence-corrected chi connectivity index (χ4v) is 8.04. The highest BCUT2D eigenvalue weighted by Crippen LogP contribution is 2.60. The van der Waals surface area contributed by atoms with Crippen molar-refractivity contribution in [2.45, 2.75) is 45.1 Å². The van der Waals surface area contributed by atoms with Crippen LogP contribution in [0.15, 0.2) is 78.9 Å². The third-order valence-corrected chi connectivity index (χ3v) is 9.99. The minimum absolute atomic E-state index is 0.0488. The minimum Gasteiger partial charge on any atom is -0.488 e. The summed E-state index contributed by atoms with van der Waals surface area (Å²) in [6.07, 6.45) is 4.44. The summed E-state index contributed by atoms with van der Waals surface area (Å²) in [5.74, 6) is 1.93. The Morgan fingerprint density at radius 2 is 1.38 bits per heavy atom. The molecule has 2 nitrogen and oxygen atoms in total. The van der Waals surface area contributed by atoms with E-state index in [-0.39, 0.29) is 10.8 Å². The van der Waals surface area contributed by atoms with E-state index in [0.717, 1.165) is 16.9 Å². The van der Waals surface area contributed by atoms with Gasteiger partial charge >= 0.3 is 0 Å². The summed E-state index contributed by atoms with van der Waals surface area (Å²) in [4.78, 5) is 0. The van der Waals surface area contributed by atoms with Crippen LogP contribution in [0.5, 0.6) is 11.5 Å². The van der Waals surface area contributed by atoms with Gasteiger partial charge in [0.15, 0.2) is 0 Å². The van der Waals surface area contributed by atoms with Crippen LogP contribution < -0.4 is 9.47 Å². The Hall–Kier alpha value is -4.30. The molecule has 0 unspecified atom stereocenters. The number of rotatable bonds is 0. The molecule has 5 aromatic carbocycles. The second-order valence-electron chi connectivity index (χ2n) is 12.8. The van der Waals surface area contributed by atoms with Crippen LogP contribution in [0.3, 0.4) is 0 Å². The Bertz CT molecular complexity index is 2000. The Labute approximate surface area is 234 Å². The molecule has 0 radical (unpaired) electrons. The molecule has 0 amide bonds. The summed E-state index contributed by atoms with van der Waals surface area (Å²) in [6.45, 7) is 10.7. The first-order valence-electron chi connectivity index (χ1n) is 14.3. The van der Waals surface area contributed by atoms with E-state index in [1.54, 1.807) is 0 Å². The average molecular weight is 519 g/mol. The number of fused-ring (bicyclic) bond motifs is 14. The molecular formula is C38H30O2. The second kappa shape index (κ2) is 7.26. The number of benzene rings is 5. The molecule has 0 N–H and O–H groups in total. The lowest BCUT2D eigenvalue weighted by molar-refractivity contribution is 0.302. The molecule has 2 heteroatoms. The summed E-state index contributed by atoms with van der Waals surface area (Å²) < 4.78 is 12.8. The lowest BCUT2D eigenvalue weighted by Gasteiger charge is -2.28. The zero-order valence-electron chi connectivity index (χ0n) is 23.3. The first kappa shape index (κ1) is 22.5. The molecule has 0 saturated carbocycles. The fourth-order valence-electron chi connectivity index (χ4n) is 8.04. The average Bonchev–Trinajstić information content (AvgIpc) is 3.35. The molecule has 0 aromatic heterocycles. The molecule has 194 valence electrons. The van der Waals surface area contributed by atoms with Gasteiger partial charge in [-0.3, -0.25) is 0 Å². The van der Waals surface area contributed by atoms with E-state index >= 15 is 0 Å². The molecule has 2 heterocycles. The summed E-state index contributed by atoms with van der Waals surface area (Å²) in [7, 11) is 0. The first-order valence-corrected chi connectivity index (χ1v) is 14.3. The molecule has 40 heavy (non-hydrogen) atoms. The minimum atomic E-state index is -0.172. The molecule has 9 rings (SSSR count). The van der Waals surface area contributed by atoms with E-state index in [4.69, 9.17) is 9.47 Å². The van der Waals surface area contributed by atoms with Crippen LogP contribution in [0.2, 0.25) is 0 Å². The fraction of sp³-hybridized carbons (Fsp3) is 0.211. The summed E-state index contributed by atoms with van der Waals surface area (Å²) >= 11 is 0. The summed E-state index contributed by atoms with van der Waals surface area (Å²) in [5, 5.41) is 2.39. The van der Waals surface area contributed by atoms with E-state index in [1.807, 2.05) is 0 Å². The van der Waals surface area contributed by atoms with Gasteiger partial charge in [0, 0.05) is 27.3 Å². The largest absolute Gasteiger partial charge is 0.488 e. The maximum atomic E-state index is 6.43. The predicted octanol–water partition coefficient (Wildman–Crippen LogP) is 9.42. The predicted molar refractivity (Wildman–Crippen MR) is 163 cm³/mol. The number of ether oxygens (including phenoxy) is 2. The third kappa shape index (κ3) is 2.60. The lowest BCUT2D eigenvalue weighted by atomic mass is 9.77. The van der Waals surface area contributed by atoms with Gasteiger partial charge in [-0.15, -0.1) is 0 Å². The molecule has 2 aliphatic carbocycles. The Morgan fingerprint density at radius 3 is 2.25 bits per heavy atom. The van der Waals surface area contributed by atoms with Gasteiger partial charge < -0.3 is 9.47 Å². The third-order valence-electron chi connectivity index (χ3n) is 9.99. The zero-order chi connectivity index (χ0) is 27.0. The molecule has 5 aromatic rings. The van der Waals surface area contributed by atoms with Gasteiger partial charge in [0.1, 0.15) is 24.7 Å². The van der Waals surface area contributed by atoms with Gasteiger partial charge in [-0.2, -0.15) is 0 Å². The van der Waals surface area contributed by atoms with E-state index in [1.165, 1.54) is 72.1 Å². The summed E-state index contributed by atoms with van der Waals surface area (Å²) in [6, 6.07) is 27.2. The van der Waals surface area contributed by atoms with Crippen molar-refractivity contribution in [2.75, 3.05) is 6.61 Å². The molecule has 0 bridgehead atoms. The van der Waals surface area contributed by atoms with Crippen LogP contribution >= 0.6 is 0 Å². The van der Waals surface area contributed by atoms with Crippen LogP contribution in [0.4, 0.5) is 0 Å². The Balaban J connectivity index is 1.42. The van der Waals surface area contributed by atoms with Gasteiger partial charge in [0.2, 0.25) is 0 Å². The smallest absolute Gasteiger partial charge is 0.135 e. The standard InChI is InChI=1S/C38H30O2/c1-37(2)30-14-8-7-12-23(30)25-17-32-29(18-31(25)37)34-27-16-26-22-11-6-5-10-21(22)20-40-33(26)19-28(27)36-24(13-9-15-39-36)35(34)38(32,3)4/h5-14,16-19H,15,20H2,1-4H3. The second-order valence-corrected chi connectivity index (χ2v) is 12.8. The van der Waals surface area contributed by atoms with Gasteiger partial charge in [-0.25, -0.2) is 0 Å². The first-order chi connectivity index (χ1) is 19.4. The molecule has 4 aliphatic rings. The van der Waals surface area contributed by atoms with Gasteiger partial charge in [0.05, 0.1) is 0 Å². The maximum Gasteiger partial charge on any atom is 0.135 e. The van der Waals surface area contributed by atoms with E-state index in [2.05, 4.69) is 113 Å². The zero-order valence-corrected chi connectivity index (χ0v) is 23.3. The molecule has 0 fully saturated rings. The topological polar surface area (TPSA) is 18.5 Å². The van der Waals surface area contributed by atoms with Crippen molar-refractivity contribution in [1.29, 1.82) is 0 Å². The van der Waals surface area contributed by atoms with Crippen LogP contribution in [0.1, 0.15) is 61.1 Å². The van der Waals surface area contributed by atoms with Gasteiger partial charge in [-0.05, 0) is 91.4 Å². The van der Waals surface area contributed by atoms with E-state index in [9.17, 15) is 0 Å². The normalized spacial score (nSPS) is 17.5. The Kier molecular flexibility index (Phi) is 4.08. The van der Waals surface area contributed by atoms with Crippen molar-refractivity contribution < 1.29 is 9.47 Å². The molecule has 0 atom stereocenters.